The second-order valence-corrected chi connectivity index (χ2v) is 11.4. The lowest BCUT2D eigenvalue weighted by atomic mass is 9.58. The van der Waals surface area contributed by atoms with Crippen molar-refractivity contribution in [2.45, 2.75) is 72.6 Å². The largest absolute Gasteiger partial charge is 0.192 e. The maximum Gasteiger partial charge on any atom is 0.192 e. The first-order valence-electron chi connectivity index (χ1n) is 14.0. The van der Waals surface area contributed by atoms with Crippen molar-refractivity contribution in [3.05, 3.63) is 122 Å². The van der Waals surface area contributed by atoms with Gasteiger partial charge in [-0.05, 0) is 71.6 Å². The van der Waals surface area contributed by atoms with Crippen molar-refractivity contribution in [3.8, 4) is 0 Å². The van der Waals surface area contributed by atoms with E-state index < -0.39 is 0 Å². The number of hydrogen-bond donors (Lipinski definition) is 0. The van der Waals surface area contributed by atoms with E-state index in [9.17, 15) is 0 Å². The van der Waals surface area contributed by atoms with Gasteiger partial charge in [0.1, 0.15) is 0 Å². The van der Waals surface area contributed by atoms with Crippen LogP contribution in [0.1, 0.15) is 82.9 Å². The summed E-state index contributed by atoms with van der Waals surface area (Å²) in [7, 11) is 0.998. The highest BCUT2D eigenvalue weighted by Crippen LogP contribution is 2.40. The predicted octanol–water partition coefficient (Wildman–Crippen LogP) is 9.55. The fourth-order valence-corrected chi connectivity index (χ4v) is 6.57. The van der Waals surface area contributed by atoms with Crippen molar-refractivity contribution in [1.82, 2.24) is 0 Å². The number of halogens is 1. The zero-order chi connectivity index (χ0) is 26.8. The van der Waals surface area contributed by atoms with E-state index in [1.54, 1.807) is 0 Å². The summed E-state index contributed by atoms with van der Waals surface area (Å²) in [5, 5.41) is 0. The lowest BCUT2D eigenvalue weighted by Crippen LogP contribution is -2.22. The highest BCUT2D eigenvalue weighted by Gasteiger charge is 2.28. The molecule has 0 aromatic heterocycles. The summed E-state index contributed by atoms with van der Waals surface area (Å²) in [6.45, 7) is 13.9. The van der Waals surface area contributed by atoms with Gasteiger partial charge in [-0.3, -0.25) is 0 Å². The van der Waals surface area contributed by atoms with Crippen LogP contribution in [0.15, 0.2) is 106 Å². The number of hydrogen-bond acceptors (Lipinski definition) is 0. The van der Waals surface area contributed by atoms with E-state index in [0.29, 0.717) is 23.7 Å². The topological polar surface area (TPSA) is 0 Å². The van der Waals surface area contributed by atoms with Crippen LogP contribution < -0.4 is 5.46 Å². The van der Waals surface area contributed by atoms with E-state index in [4.69, 9.17) is 0 Å². The summed E-state index contributed by atoms with van der Waals surface area (Å²) in [5.74, 6) is 1.86. The Hall–Kier alpha value is -2.07. The highest BCUT2D eigenvalue weighted by atomic mass is 127. The van der Waals surface area contributed by atoms with Gasteiger partial charge in [-0.25, -0.2) is 0 Å². The van der Waals surface area contributed by atoms with E-state index in [1.165, 1.54) is 38.8 Å². The average molecular weight is 602 g/mol. The Kier molecular flexibility index (Phi) is 11.8. The summed E-state index contributed by atoms with van der Waals surface area (Å²) in [4.78, 5) is 0. The number of benzene rings is 2. The van der Waals surface area contributed by atoms with Crippen LogP contribution in [0.5, 0.6) is 0 Å². The van der Waals surface area contributed by atoms with Gasteiger partial charge in [0.05, 0.1) is 0 Å². The Labute approximate surface area is 241 Å². The van der Waals surface area contributed by atoms with Gasteiger partial charge >= 0.3 is 0 Å². The lowest BCUT2D eigenvalue weighted by Gasteiger charge is -2.31. The smallest absolute Gasteiger partial charge is 0.0824 e. The molecule has 37 heavy (non-hydrogen) atoms. The minimum atomic E-state index is 0.416. The molecule has 0 spiro atoms. The van der Waals surface area contributed by atoms with Gasteiger partial charge in [0.2, 0.25) is 0 Å². The van der Waals surface area contributed by atoms with E-state index in [2.05, 4.69) is 153 Å². The average Bonchev–Trinajstić information content (AvgIpc) is 2.91. The lowest BCUT2D eigenvalue weighted by molar-refractivity contribution is 0.488. The molecule has 0 N–H and O–H groups in total. The van der Waals surface area contributed by atoms with Gasteiger partial charge in [-0.1, -0.05) is 157 Å². The Bertz CT molecular complexity index is 1180. The molecule has 0 radical (unpaired) electrons. The molecule has 1 aliphatic carbocycles. The van der Waals surface area contributed by atoms with Crippen molar-refractivity contribution in [1.29, 1.82) is 0 Å². The van der Waals surface area contributed by atoms with Crippen LogP contribution in [0, 0.1) is 11.8 Å². The molecule has 194 valence electrons. The minimum absolute atomic E-state index is 0.416. The second kappa shape index (κ2) is 14.8. The van der Waals surface area contributed by atoms with Crippen LogP contribution in [0.2, 0.25) is 0 Å². The van der Waals surface area contributed by atoms with E-state index >= 15 is 0 Å². The Morgan fingerprint density at radius 3 is 2.49 bits per heavy atom. The maximum atomic E-state index is 2.47. The normalized spacial score (nSPS) is 20.1. The third-order valence-electron chi connectivity index (χ3n) is 7.94. The van der Waals surface area contributed by atoms with Crippen molar-refractivity contribution in [2.75, 3.05) is 0 Å². The maximum absolute atomic E-state index is 2.47. The second-order valence-electron chi connectivity index (χ2n) is 10.7. The van der Waals surface area contributed by atoms with Crippen LogP contribution in [0.25, 0.3) is 0 Å². The molecule has 0 bridgehead atoms. The first-order valence-corrected chi connectivity index (χ1v) is 15.3. The standard InChI is InChI=1S/C35H44BI/c1-7-14-26(4)35(27(5)23-25(3)21-22-37)36-31-17-13-16-30(24-31)28(6)32-18-11-12-20-34(32)33-19-10-9-15-29(33)8-2/h9-22,24-25,28,32,34,36H,7-8,23H2,1-6H3/b22-21-,26-14-,35-27-. The van der Waals surface area contributed by atoms with Gasteiger partial charge in [-0.2, -0.15) is 0 Å². The quantitative estimate of drug-likeness (QED) is 0.137. The third kappa shape index (κ3) is 7.96. The van der Waals surface area contributed by atoms with Crippen LogP contribution in [0.4, 0.5) is 0 Å². The molecule has 3 rings (SSSR count). The summed E-state index contributed by atoms with van der Waals surface area (Å²) in [5.41, 5.74) is 10.3. The molecular formula is C35H44BI. The predicted molar refractivity (Wildman–Crippen MR) is 176 cm³/mol. The van der Waals surface area contributed by atoms with Crippen molar-refractivity contribution < 1.29 is 0 Å². The number of rotatable bonds is 11. The number of allylic oxidation sites excluding steroid dienone is 9. The zero-order valence-electron chi connectivity index (χ0n) is 23.7. The molecule has 2 heteroatoms. The van der Waals surface area contributed by atoms with Gasteiger partial charge in [-0.15, -0.1) is 0 Å². The molecule has 4 unspecified atom stereocenters. The van der Waals surface area contributed by atoms with E-state index in [0.717, 1.165) is 26.5 Å². The number of aryl methyl sites for hydroxylation is 1. The van der Waals surface area contributed by atoms with Crippen molar-refractivity contribution >= 4 is 35.3 Å². The third-order valence-corrected chi connectivity index (χ3v) is 8.35. The molecule has 0 nitrogen and oxygen atoms in total. The molecule has 2 aromatic carbocycles. The van der Waals surface area contributed by atoms with Crippen molar-refractivity contribution in [2.24, 2.45) is 11.8 Å². The fourth-order valence-electron chi connectivity index (χ4n) is 5.86. The van der Waals surface area contributed by atoms with E-state index in [-0.39, 0.29) is 0 Å². The SMILES string of the molecule is CC/C=C(C)\C(Bc1cccc(C(C)C2C=CC=CC2c2ccccc2CC)c1)=C(/C)CC(C)/C=C\I. The van der Waals surface area contributed by atoms with Crippen LogP contribution in [-0.4, -0.2) is 7.28 Å². The molecule has 0 saturated carbocycles. The van der Waals surface area contributed by atoms with Gasteiger partial charge in [0.15, 0.2) is 7.28 Å². The van der Waals surface area contributed by atoms with Crippen LogP contribution in [0.3, 0.4) is 0 Å². The Morgan fingerprint density at radius 2 is 1.76 bits per heavy atom. The zero-order valence-corrected chi connectivity index (χ0v) is 25.8. The minimum Gasteiger partial charge on any atom is -0.0824 e. The summed E-state index contributed by atoms with van der Waals surface area (Å²) < 4.78 is 2.15. The Balaban J connectivity index is 1.91. The molecule has 0 saturated heterocycles. The highest BCUT2D eigenvalue weighted by molar-refractivity contribution is 14.1. The van der Waals surface area contributed by atoms with Crippen molar-refractivity contribution in [3.63, 3.8) is 0 Å². The van der Waals surface area contributed by atoms with Crippen LogP contribution >= 0.6 is 22.6 Å². The molecule has 1 aliphatic rings. The summed E-state index contributed by atoms with van der Waals surface area (Å²) >= 11 is 2.33. The summed E-state index contributed by atoms with van der Waals surface area (Å²) in [6.07, 6.45) is 17.3. The molecule has 0 amide bonds. The summed E-state index contributed by atoms with van der Waals surface area (Å²) in [6, 6.07) is 18.4. The fraction of sp³-hybridized carbons (Fsp3) is 0.371. The Morgan fingerprint density at radius 1 is 1.00 bits per heavy atom. The first kappa shape index (κ1) is 29.5. The first-order chi connectivity index (χ1) is 17.9. The van der Waals surface area contributed by atoms with Gasteiger partial charge in [0, 0.05) is 5.92 Å². The van der Waals surface area contributed by atoms with Gasteiger partial charge < -0.3 is 0 Å². The molecule has 0 fully saturated rings. The molecule has 0 heterocycles. The molecule has 4 atom stereocenters. The van der Waals surface area contributed by atoms with Gasteiger partial charge in [0.25, 0.3) is 0 Å². The monoisotopic (exact) mass is 602 g/mol. The molecular weight excluding hydrogens is 558 g/mol. The van der Waals surface area contributed by atoms with E-state index in [1.807, 2.05) is 0 Å². The molecule has 2 aromatic rings. The van der Waals surface area contributed by atoms with Crippen LogP contribution in [-0.2, 0) is 6.42 Å². The molecule has 0 aliphatic heterocycles.